The van der Waals surface area contributed by atoms with Crippen molar-refractivity contribution in [1.82, 2.24) is 9.88 Å². The molecule has 0 saturated carbocycles. The molecule has 0 aliphatic rings. The summed E-state index contributed by atoms with van der Waals surface area (Å²) in [6.45, 7) is 6.06. The molecule has 1 N–H and O–H groups in total. The largest absolute Gasteiger partial charge is 0.350 e. The zero-order valence-electron chi connectivity index (χ0n) is 10.8. The maximum absolute atomic E-state index is 13.0. The molecule has 0 aliphatic heterocycles. The van der Waals surface area contributed by atoms with E-state index in [9.17, 15) is 9.18 Å². The van der Waals surface area contributed by atoms with Gasteiger partial charge in [-0.05, 0) is 45.0 Å². The van der Waals surface area contributed by atoms with Gasteiger partial charge in [-0.3, -0.25) is 4.79 Å². The summed E-state index contributed by atoms with van der Waals surface area (Å²) >= 11 is 0. The lowest BCUT2D eigenvalue weighted by Crippen LogP contribution is -2.42. The van der Waals surface area contributed by atoms with Gasteiger partial charge in [0.25, 0.3) is 0 Å². The number of hydrogen-bond donors (Lipinski definition) is 1. The van der Waals surface area contributed by atoms with Crippen LogP contribution in [-0.4, -0.2) is 16.0 Å². The number of carbonyl (C=O) groups excluding carboxylic acids is 1. The van der Waals surface area contributed by atoms with Crippen LogP contribution < -0.4 is 5.32 Å². The molecular weight excluding hydrogens is 231 g/mol. The average Bonchev–Trinajstić information content (AvgIpc) is 2.57. The number of aromatic nitrogens is 1. The van der Waals surface area contributed by atoms with Crippen LogP contribution in [0, 0.1) is 5.82 Å². The highest BCUT2D eigenvalue weighted by Crippen LogP contribution is 2.17. The lowest BCUT2D eigenvalue weighted by atomic mass is 10.1. The van der Waals surface area contributed by atoms with Crippen molar-refractivity contribution in [2.45, 2.75) is 32.9 Å². The zero-order valence-corrected chi connectivity index (χ0v) is 10.8. The summed E-state index contributed by atoms with van der Waals surface area (Å²) in [5.74, 6) is -0.316. The number of nitrogens with one attached hydrogen (secondary N) is 1. The standard InChI is InChI=1S/C14H17FN2O/c1-14(2,3)16-13(18)9-17-7-6-10-8-11(15)4-5-12(10)17/h4-8H,9H2,1-3H3,(H,16,18). The first kappa shape index (κ1) is 12.6. The van der Waals surface area contributed by atoms with Crippen LogP contribution in [0.15, 0.2) is 30.5 Å². The van der Waals surface area contributed by atoms with Crippen molar-refractivity contribution in [3.8, 4) is 0 Å². The van der Waals surface area contributed by atoms with Crippen molar-refractivity contribution in [3.05, 3.63) is 36.3 Å². The van der Waals surface area contributed by atoms with Crippen molar-refractivity contribution in [3.63, 3.8) is 0 Å². The first-order chi connectivity index (χ1) is 8.35. The smallest absolute Gasteiger partial charge is 0.240 e. The molecule has 0 fully saturated rings. The monoisotopic (exact) mass is 248 g/mol. The van der Waals surface area contributed by atoms with Crippen LogP contribution in [0.5, 0.6) is 0 Å². The average molecular weight is 248 g/mol. The predicted octanol–water partition coefficient (Wildman–Crippen LogP) is 2.70. The van der Waals surface area contributed by atoms with E-state index in [2.05, 4.69) is 5.32 Å². The Labute approximate surface area is 106 Å². The first-order valence-electron chi connectivity index (χ1n) is 5.90. The Balaban J connectivity index is 2.20. The van der Waals surface area contributed by atoms with Gasteiger partial charge in [0.1, 0.15) is 12.4 Å². The molecule has 0 bridgehead atoms. The van der Waals surface area contributed by atoms with E-state index in [1.165, 1.54) is 12.1 Å². The van der Waals surface area contributed by atoms with Gasteiger partial charge in [0.2, 0.25) is 5.91 Å². The summed E-state index contributed by atoms with van der Waals surface area (Å²) in [5, 5.41) is 3.70. The number of halogens is 1. The van der Waals surface area contributed by atoms with Crippen LogP contribution in [0.2, 0.25) is 0 Å². The van der Waals surface area contributed by atoms with E-state index in [0.717, 1.165) is 10.9 Å². The number of carbonyl (C=O) groups is 1. The SMILES string of the molecule is CC(C)(C)NC(=O)Cn1ccc2cc(F)ccc21. The van der Waals surface area contributed by atoms with Gasteiger partial charge >= 0.3 is 0 Å². The molecule has 4 heteroatoms. The van der Waals surface area contributed by atoms with Crippen LogP contribution in [-0.2, 0) is 11.3 Å². The number of rotatable bonds is 2. The Morgan fingerprint density at radius 3 is 2.72 bits per heavy atom. The second-order valence-electron chi connectivity index (χ2n) is 5.44. The third-order valence-electron chi connectivity index (χ3n) is 2.56. The minimum Gasteiger partial charge on any atom is -0.350 e. The second kappa shape index (κ2) is 4.44. The summed E-state index contributed by atoms with van der Waals surface area (Å²) in [6, 6.07) is 6.37. The van der Waals surface area contributed by atoms with Gasteiger partial charge < -0.3 is 9.88 Å². The van der Waals surface area contributed by atoms with Crippen molar-refractivity contribution in [1.29, 1.82) is 0 Å². The van der Waals surface area contributed by atoms with Gasteiger partial charge in [0, 0.05) is 22.6 Å². The zero-order chi connectivity index (χ0) is 13.3. The van der Waals surface area contributed by atoms with Gasteiger partial charge in [-0.1, -0.05) is 0 Å². The predicted molar refractivity (Wildman–Crippen MR) is 69.8 cm³/mol. The molecule has 0 atom stereocenters. The molecule has 18 heavy (non-hydrogen) atoms. The van der Waals surface area contributed by atoms with Crippen LogP contribution in [0.4, 0.5) is 4.39 Å². The van der Waals surface area contributed by atoms with E-state index < -0.39 is 0 Å². The Bertz CT molecular complexity index is 581. The molecule has 0 radical (unpaired) electrons. The van der Waals surface area contributed by atoms with Crippen molar-refractivity contribution in [2.75, 3.05) is 0 Å². The van der Waals surface area contributed by atoms with Gasteiger partial charge in [0.15, 0.2) is 0 Å². The third-order valence-corrected chi connectivity index (χ3v) is 2.56. The molecule has 0 spiro atoms. The summed E-state index contributed by atoms with van der Waals surface area (Å²) < 4.78 is 14.9. The van der Waals surface area contributed by atoms with Crippen molar-refractivity contribution in [2.24, 2.45) is 0 Å². The van der Waals surface area contributed by atoms with E-state index in [1.54, 1.807) is 12.3 Å². The molecule has 0 saturated heterocycles. The normalized spacial score (nSPS) is 11.8. The Kier molecular flexibility index (Phi) is 3.11. The molecule has 1 heterocycles. The van der Waals surface area contributed by atoms with Gasteiger partial charge in [0.05, 0.1) is 0 Å². The summed E-state index contributed by atoms with van der Waals surface area (Å²) in [5.41, 5.74) is 0.618. The molecule has 1 aromatic heterocycles. The number of fused-ring (bicyclic) bond motifs is 1. The minimum absolute atomic E-state index is 0.0516. The fourth-order valence-electron chi connectivity index (χ4n) is 1.92. The molecule has 1 amide bonds. The lowest BCUT2D eigenvalue weighted by molar-refractivity contribution is -0.123. The molecule has 3 nitrogen and oxygen atoms in total. The quantitative estimate of drug-likeness (QED) is 0.871. The number of nitrogens with zero attached hydrogens (tertiary/aromatic N) is 1. The Morgan fingerprint density at radius 1 is 1.33 bits per heavy atom. The molecule has 1 aromatic carbocycles. The van der Waals surface area contributed by atoms with Crippen molar-refractivity contribution >= 4 is 16.8 Å². The Hall–Kier alpha value is -1.84. The lowest BCUT2D eigenvalue weighted by Gasteiger charge is -2.20. The van der Waals surface area contributed by atoms with Gasteiger partial charge in [-0.25, -0.2) is 4.39 Å². The molecule has 0 unspecified atom stereocenters. The van der Waals surface area contributed by atoms with Crippen LogP contribution >= 0.6 is 0 Å². The van der Waals surface area contributed by atoms with Gasteiger partial charge in [-0.15, -0.1) is 0 Å². The van der Waals surface area contributed by atoms with E-state index in [0.29, 0.717) is 0 Å². The number of hydrogen-bond acceptors (Lipinski definition) is 1. The molecule has 2 aromatic rings. The van der Waals surface area contributed by atoms with Crippen LogP contribution in [0.1, 0.15) is 20.8 Å². The van der Waals surface area contributed by atoms with E-state index in [1.807, 2.05) is 31.4 Å². The first-order valence-corrected chi connectivity index (χ1v) is 5.90. The fraction of sp³-hybridized carbons (Fsp3) is 0.357. The van der Waals surface area contributed by atoms with E-state index in [-0.39, 0.29) is 23.8 Å². The third kappa shape index (κ3) is 2.88. The summed E-state index contributed by atoms with van der Waals surface area (Å²) in [7, 11) is 0. The number of amides is 1. The molecule has 96 valence electrons. The second-order valence-corrected chi connectivity index (χ2v) is 5.44. The topological polar surface area (TPSA) is 34.0 Å². The van der Waals surface area contributed by atoms with Crippen LogP contribution in [0.3, 0.4) is 0 Å². The highest BCUT2D eigenvalue weighted by Gasteiger charge is 2.14. The maximum atomic E-state index is 13.0. The molecular formula is C14H17FN2O. The molecule has 2 rings (SSSR count). The van der Waals surface area contributed by atoms with E-state index >= 15 is 0 Å². The highest BCUT2D eigenvalue weighted by atomic mass is 19.1. The maximum Gasteiger partial charge on any atom is 0.240 e. The summed E-state index contributed by atoms with van der Waals surface area (Å²) in [4.78, 5) is 11.8. The summed E-state index contributed by atoms with van der Waals surface area (Å²) in [6.07, 6.45) is 1.80. The number of benzene rings is 1. The highest BCUT2D eigenvalue weighted by molar-refractivity contribution is 5.83. The fourth-order valence-corrected chi connectivity index (χ4v) is 1.92. The van der Waals surface area contributed by atoms with Gasteiger partial charge in [-0.2, -0.15) is 0 Å². The Morgan fingerprint density at radius 2 is 2.06 bits per heavy atom. The van der Waals surface area contributed by atoms with Crippen molar-refractivity contribution < 1.29 is 9.18 Å². The minimum atomic E-state index is -0.264. The van der Waals surface area contributed by atoms with Crippen LogP contribution in [0.25, 0.3) is 10.9 Å². The van der Waals surface area contributed by atoms with E-state index in [4.69, 9.17) is 0 Å². The molecule has 0 aliphatic carbocycles.